The number of nitrogens with zero attached hydrogens (tertiary/aromatic N) is 2. The lowest BCUT2D eigenvalue weighted by Crippen LogP contribution is -2.51. The minimum atomic E-state index is -4.13. The average Bonchev–Trinajstić information content (AvgIpc) is 2.99. The second-order valence-corrected chi connectivity index (χ2v) is 11.3. The first-order valence-corrected chi connectivity index (χ1v) is 15.2. The van der Waals surface area contributed by atoms with Crippen LogP contribution in [0.1, 0.15) is 39.2 Å². The van der Waals surface area contributed by atoms with Crippen molar-refractivity contribution in [3.8, 4) is 11.5 Å². The van der Waals surface area contributed by atoms with Crippen LogP contribution in [0.3, 0.4) is 0 Å². The second kappa shape index (κ2) is 15.1. The summed E-state index contributed by atoms with van der Waals surface area (Å²) >= 11 is 0. The van der Waals surface area contributed by atoms with Crippen molar-refractivity contribution in [2.45, 2.75) is 51.1 Å². The summed E-state index contributed by atoms with van der Waals surface area (Å²) in [6.45, 7) is 6.05. The third-order valence-electron chi connectivity index (χ3n) is 6.53. The number of unbranched alkanes of at least 4 members (excludes halogenated alkanes) is 1. The SMILES string of the molecule is CCCCNC(=O)[C@H](C)N(Cc1cccc(OC)c1)C(=O)CN(c1ccc(OCC)cc1)S(=O)(=O)c1ccccc1. The number of amides is 2. The lowest BCUT2D eigenvalue weighted by molar-refractivity contribution is -0.139. The molecule has 3 rings (SSSR count). The van der Waals surface area contributed by atoms with Crippen molar-refractivity contribution in [3.05, 3.63) is 84.4 Å². The quantitative estimate of drug-likeness (QED) is 0.263. The molecule has 220 valence electrons. The van der Waals surface area contributed by atoms with Crippen molar-refractivity contribution < 1.29 is 27.5 Å². The van der Waals surface area contributed by atoms with Crippen LogP contribution >= 0.6 is 0 Å². The minimum Gasteiger partial charge on any atom is -0.497 e. The van der Waals surface area contributed by atoms with Crippen LogP contribution in [-0.2, 0) is 26.2 Å². The van der Waals surface area contributed by atoms with Crippen LogP contribution in [0.2, 0.25) is 0 Å². The summed E-state index contributed by atoms with van der Waals surface area (Å²) in [6.07, 6.45) is 1.72. The van der Waals surface area contributed by atoms with Crippen LogP contribution in [0, 0.1) is 0 Å². The molecular formula is C31H39N3O6S. The molecule has 0 fully saturated rings. The average molecular weight is 582 g/mol. The van der Waals surface area contributed by atoms with Gasteiger partial charge in [-0.3, -0.25) is 13.9 Å². The van der Waals surface area contributed by atoms with Gasteiger partial charge in [-0.05, 0) is 74.4 Å². The molecule has 0 radical (unpaired) electrons. The summed E-state index contributed by atoms with van der Waals surface area (Å²) in [7, 11) is -2.58. The highest BCUT2D eigenvalue weighted by Gasteiger charge is 2.32. The first-order valence-electron chi connectivity index (χ1n) is 13.7. The van der Waals surface area contributed by atoms with Gasteiger partial charge in [0.1, 0.15) is 24.1 Å². The summed E-state index contributed by atoms with van der Waals surface area (Å²) in [4.78, 5) is 28.5. The van der Waals surface area contributed by atoms with Crippen LogP contribution in [0.4, 0.5) is 5.69 Å². The number of nitrogens with one attached hydrogen (secondary N) is 1. The summed E-state index contributed by atoms with van der Waals surface area (Å²) < 4.78 is 39.6. The third-order valence-corrected chi connectivity index (χ3v) is 8.32. The van der Waals surface area contributed by atoms with Crippen LogP contribution in [0.25, 0.3) is 0 Å². The molecule has 0 aliphatic rings. The molecule has 9 nitrogen and oxygen atoms in total. The molecule has 3 aromatic carbocycles. The number of carbonyl (C=O) groups excluding carboxylic acids is 2. The number of hydrogen-bond donors (Lipinski definition) is 1. The molecule has 0 aliphatic heterocycles. The highest BCUT2D eigenvalue weighted by atomic mass is 32.2. The largest absolute Gasteiger partial charge is 0.497 e. The van der Waals surface area contributed by atoms with Gasteiger partial charge in [-0.2, -0.15) is 0 Å². The number of sulfonamides is 1. The maximum Gasteiger partial charge on any atom is 0.264 e. The van der Waals surface area contributed by atoms with E-state index in [0.29, 0.717) is 30.3 Å². The Kier molecular flexibility index (Phi) is 11.6. The lowest BCUT2D eigenvalue weighted by Gasteiger charge is -2.32. The zero-order valence-corrected chi connectivity index (χ0v) is 24.9. The molecule has 1 N–H and O–H groups in total. The van der Waals surface area contributed by atoms with Gasteiger partial charge >= 0.3 is 0 Å². The highest BCUT2D eigenvalue weighted by Crippen LogP contribution is 2.27. The fourth-order valence-corrected chi connectivity index (χ4v) is 5.65. The summed E-state index contributed by atoms with van der Waals surface area (Å²) in [5, 5.41) is 2.88. The Balaban J connectivity index is 2.00. The van der Waals surface area contributed by atoms with Crippen molar-refractivity contribution >= 4 is 27.5 Å². The van der Waals surface area contributed by atoms with Crippen molar-refractivity contribution in [2.24, 2.45) is 0 Å². The van der Waals surface area contributed by atoms with Gasteiger partial charge in [0.15, 0.2) is 0 Å². The third kappa shape index (κ3) is 8.47. The fraction of sp³-hybridized carbons (Fsp3) is 0.355. The Morgan fingerprint density at radius 3 is 2.27 bits per heavy atom. The minimum absolute atomic E-state index is 0.0476. The molecule has 0 aliphatic carbocycles. The van der Waals surface area contributed by atoms with Gasteiger partial charge < -0.3 is 19.7 Å². The second-order valence-electron chi connectivity index (χ2n) is 9.45. The normalized spacial score (nSPS) is 11.8. The van der Waals surface area contributed by atoms with Crippen LogP contribution in [-0.4, -0.2) is 58.0 Å². The van der Waals surface area contributed by atoms with E-state index < -0.39 is 28.5 Å². The molecule has 0 heterocycles. The number of benzene rings is 3. The summed E-state index contributed by atoms with van der Waals surface area (Å²) in [5.74, 6) is 0.349. The number of rotatable bonds is 15. The summed E-state index contributed by atoms with van der Waals surface area (Å²) in [5.41, 5.74) is 1.04. The molecule has 0 bridgehead atoms. The Hall–Kier alpha value is -4.05. The predicted octanol–water partition coefficient (Wildman–Crippen LogP) is 4.62. The van der Waals surface area contributed by atoms with Gasteiger partial charge in [-0.15, -0.1) is 0 Å². The molecule has 10 heteroatoms. The van der Waals surface area contributed by atoms with E-state index in [4.69, 9.17) is 9.47 Å². The maximum atomic E-state index is 14.0. The molecule has 0 saturated carbocycles. The van der Waals surface area contributed by atoms with Gasteiger partial charge in [0.05, 0.1) is 24.3 Å². The first-order chi connectivity index (χ1) is 19.7. The molecule has 41 heavy (non-hydrogen) atoms. The van der Waals surface area contributed by atoms with E-state index in [1.165, 1.54) is 17.0 Å². The molecule has 1 atom stereocenters. The predicted molar refractivity (Wildman–Crippen MR) is 160 cm³/mol. The maximum absolute atomic E-state index is 14.0. The van der Waals surface area contributed by atoms with Crippen molar-refractivity contribution in [1.82, 2.24) is 10.2 Å². The highest BCUT2D eigenvalue weighted by molar-refractivity contribution is 7.92. The van der Waals surface area contributed by atoms with Gasteiger partial charge in [0.2, 0.25) is 11.8 Å². The van der Waals surface area contributed by atoms with Gasteiger partial charge in [-0.1, -0.05) is 43.7 Å². The van der Waals surface area contributed by atoms with Gasteiger partial charge in [0.25, 0.3) is 10.0 Å². The molecule has 0 spiro atoms. The van der Waals surface area contributed by atoms with Crippen molar-refractivity contribution in [1.29, 1.82) is 0 Å². The van der Waals surface area contributed by atoms with Crippen LogP contribution < -0.4 is 19.1 Å². The Labute approximate surface area is 243 Å². The Morgan fingerprint density at radius 1 is 0.927 bits per heavy atom. The van der Waals surface area contributed by atoms with E-state index in [1.54, 1.807) is 74.7 Å². The van der Waals surface area contributed by atoms with E-state index in [2.05, 4.69) is 5.32 Å². The van der Waals surface area contributed by atoms with Crippen LogP contribution in [0.5, 0.6) is 11.5 Å². The van der Waals surface area contributed by atoms with E-state index in [1.807, 2.05) is 19.9 Å². The van der Waals surface area contributed by atoms with Crippen molar-refractivity contribution in [2.75, 3.05) is 31.1 Å². The monoisotopic (exact) mass is 581 g/mol. The zero-order valence-electron chi connectivity index (χ0n) is 24.1. The Bertz CT molecular complexity index is 1380. The standard InChI is InChI=1S/C31H39N3O6S/c1-5-7-20-32-31(36)24(3)33(22-25-12-11-13-28(21-25)39-4)30(35)23-34(26-16-18-27(19-17-26)40-6-2)41(37,38)29-14-9-8-10-15-29/h8-19,21,24H,5-7,20,22-23H2,1-4H3,(H,32,36)/t24-/m0/s1. The Morgan fingerprint density at radius 2 is 1.63 bits per heavy atom. The van der Waals surface area contributed by atoms with E-state index in [0.717, 1.165) is 22.7 Å². The van der Waals surface area contributed by atoms with E-state index in [9.17, 15) is 18.0 Å². The molecule has 2 amide bonds. The van der Waals surface area contributed by atoms with E-state index in [-0.39, 0.29) is 17.3 Å². The number of hydrogen-bond acceptors (Lipinski definition) is 6. The summed E-state index contributed by atoms with van der Waals surface area (Å²) in [6, 6.07) is 20.8. The lowest BCUT2D eigenvalue weighted by atomic mass is 10.1. The number of anilines is 1. The molecule has 0 saturated heterocycles. The van der Waals surface area contributed by atoms with Crippen LogP contribution in [0.15, 0.2) is 83.8 Å². The van der Waals surface area contributed by atoms with Crippen molar-refractivity contribution in [3.63, 3.8) is 0 Å². The van der Waals surface area contributed by atoms with Gasteiger partial charge in [0, 0.05) is 13.1 Å². The molecule has 3 aromatic rings. The first kappa shape index (κ1) is 31.5. The smallest absolute Gasteiger partial charge is 0.264 e. The topological polar surface area (TPSA) is 105 Å². The fourth-order valence-electron chi connectivity index (χ4n) is 4.21. The molecule has 0 unspecified atom stereocenters. The zero-order chi connectivity index (χ0) is 29.8. The molecule has 0 aromatic heterocycles. The van der Waals surface area contributed by atoms with Gasteiger partial charge in [-0.25, -0.2) is 8.42 Å². The molecular weight excluding hydrogens is 542 g/mol. The van der Waals surface area contributed by atoms with E-state index >= 15 is 0 Å². The number of ether oxygens (including phenoxy) is 2. The number of methoxy groups -OCH3 is 1. The number of carbonyl (C=O) groups is 2.